The predicted octanol–water partition coefficient (Wildman–Crippen LogP) is 4.43. The van der Waals surface area contributed by atoms with E-state index < -0.39 is 22.7 Å². The van der Waals surface area contributed by atoms with Crippen LogP contribution in [0.5, 0.6) is 0 Å². The normalized spacial score (nSPS) is 22.1. The average molecular weight is 490 g/mol. The number of aromatic nitrogens is 7. The monoisotopic (exact) mass is 489 g/mol. The van der Waals surface area contributed by atoms with Gasteiger partial charge in [0, 0.05) is 6.20 Å². The summed E-state index contributed by atoms with van der Waals surface area (Å²) in [4.78, 5) is 12.3. The van der Waals surface area contributed by atoms with Gasteiger partial charge >= 0.3 is 0 Å². The van der Waals surface area contributed by atoms with Crippen molar-refractivity contribution in [2.75, 3.05) is 0 Å². The SMILES string of the molecule is CC(C)(O)c1nnc(-c2nccc([C@]34CC[C@@H](c5cc(-c6c(F)cccc6F)nnc53)C4(C)C)n2)[nH]1. The molecule has 184 valence electrons. The van der Waals surface area contributed by atoms with Crippen LogP contribution in [0.2, 0.25) is 0 Å². The van der Waals surface area contributed by atoms with Crippen LogP contribution < -0.4 is 0 Å². The standard InChI is InChI=1S/C26H25F2N7O/c1-24(2)14-8-10-26(24,18-9-11-29-21(30-18)22-31-23(35-34-22)25(3,4)36)20-13(14)12-17(32-33-20)19-15(27)6-5-7-16(19)28/h5-7,9,11-12,14,36H,8,10H2,1-4H3,(H,31,34,35)/t14-,26+/m0/s1. The molecule has 4 aromatic rings. The fourth-order valence-corrected chi connectivity index (χ4v) is 6.11. The Morgan fingerprint density at radius 1 is 1.06 bits per heavy atom. The second-order valence-corrected chi connectivity index (χ2v) is 10.7. The van der Waals surface area contributed by atoms with Gasteiger partial charge in [-0.05, 0) is 67.9 Å². The van der Waals surface area contributed by atoms with Crippen molar-refractivity contribution >= 4 is 0 Å². The molecule has 2 N–H and O–H groups in total. The zero-order chi connectivity index (χ0) is 25.5. The lowest BCUT2D eigenvalue weighted by Crippen LogP contribution is -2.38. The summed E-state index contributed by atoms with van der Waals surface area (Å²) in [6, 6.07) is 7.44. The van der Waals surface area contributed by atoms with E-state index in [-0.39, 0.29) is 22.6 Å². The number of hydrogen-bond donors (Lipinski definition) is 2. The molecule has 0 saturated heterocycles. The molecule has 2 atom stereocenters. The highest BCUT2D eigenvalue weighted by Gasteiger charge is 2.65. The van der Waals surface area contributed by atoms with Gasteiger partial charge in [0.25, 0.3) is 0 Å². The summed E-state index contributed by atoms with van der Waals surface area (Å²) in [5, 5.41) is 27.3. The molecule has 3 heterocycles. The van der Waals surface area contributed by atoms with Gasteiger partial charge in [0.15, 0.2) is 17.5 Å². The van der Waals surface area contributed by atoms with Gasteiger partial charge in [-0.3, -0.25) is 0 Å². The van der Waals surface area contributed by atoms with Gasteiger partial charge in [0.05, 0.1) is 28.1 Å². The van der Waals surface area contributed by atoms with Crippen LogP contribution in [0.1, 0.15) is 69.2 Å². The van der Waals surface area contributed by atoms with Crippen LogP contribution in [-0.2, 0) is 11.0 Å². The van der Waals surface area contributed by atoms with E-state index in [4.69, 9.17) is 4.98 Å². The first kappa shape index (κ1) is 22.8. The van der Waals surface area contributed by atoms with Gasteiger partial charge in [-0.1, -0.05) is 19.9 Å². The molecular weight excluding hydrogens is 464 g/mol. The van der Waals surface area contributed by atoms with Crippen molar-refractivity contribution in [2.45, 2.75) is 57.5 Å². The minimum Gasteiger partial charge on any atom is -0.382 e. The second-order valence-electron chi connectivity index (χ2n) is 10.7. The largest absolute Gasteiger partial charge is 0.382 e. The number of aliphatic hydroxyl groups is 1. The number of H-pyrrole nitrogens is 1. The number of hydrogen-bond acceptors (Lipinski definition) is 7. The molecule has 10 heteroatoms. The summed E-state index contributed by atoms with van der Waals surface area (Å²) in [6.45, 7) is 7.59. The molecule has 2 bridgehead atoms. The fourth-order valence-electron chi connectivity index (χ4n) is 6.11. The van der Waals surface area contributed by atoms with E-state index in [1.54, 1.807) is 26.1 Å². The molecule has 0 unspecified atom stereocenters. The molecule has 8 nitrogen and oxygen atoms in total. The van der Waals surface area contributed by atoms with Gasteiger partial charge in [-0.2, -0.15) is 5.10 Å². The Morgan fingerprint density at radius 3 is 2.50 bits per heavy atom. The summed E-state index contributed by atoms with van der Waals surface area (Å²) in [5.41, 5.74) is 0.514. The lowest BCUT2D eigenvalue weighted by Gasteiger charge is -2.37. The highest BCUT2D eigenvalue weighted by atomic mass is 19.1. The molecule has 2 aliphatic carbocycles. The molecule has 0 radical (unpaired) electrons. The molecule has 0 aliphatic heterocycles. The zero-order valence-electron chi connectivity index (χ0n) is 20.3. The van der Waals surface area contributed by atoms with Crippen LogP contribution in [0.15, 0.2) is 36.5 Å². The Morgan fingerprint density at radius 2 is 1.81 bits per heavy atom. The summed E-state index contributed by atoms with van der Waals surface area (Å²) in [6.07, 6.45) is 3.37. The van der Waals surface area contributed by atoms with E-state index in [2.05, 4.69) is 44.2 Å². The minimum atomic E-state index is -1.18. The van der Waals surface area contributed by atoms with Crippen molar-refractivity contribution in [1.82, 2.24) is 35.3 Å². The van der Waals surface area contributed by atoms with Crippen LogP contribution in [-0.4, -0.2) is 40.5 Å². The number of rotatable bonds is 4. The number of benzene rings is 1. The highest BCUT2D eigenvalue weighted by molar-refractivity contribution is 5.64. The number of halogens is 2. The Labute approximate surface area is 206 Å². The predicted molar refractivity (Wildman–Crippen MR) is 127 cm³/mol. The molecule has 3 aromatic heterocycles. The van der Waals surface area contributed by atoms with E-state index in [1.165, 1.54) is 18.2 Å². The Bertz CT molecular complexity index is 1490. The molecule has 1 aromatic carbocycles. The third-order valence-electron chi connectivity index (χ3n) is 7.97. The van der Waals surface area contributed by atoms with Crippen molar-refractivity contribution in [2.24, 2.45) is 5.41 Å². The van der Waals surface area contributed by atoms with E-state index >= 15 is 0 Å². The summed E-state index contributed by atoms with van der Waals surface area (Å²) in [5.74, 6) is -0.181. The maximum Gasteiger partial charge on any atom is 0.199 e. The lowest BCUT2D eigenvalue weighted by atomic mass is 9.66. The van der Waals surface area contributed by atoms with Crippen molar-refractivity contribution in [3.63, 3.8) is 0 Å². The van der Waals surface area contributed by atoms with Crippen molar-refractivity contribution < 1.29 is 13.9 Å². The third kappa shape index (κ3) is 3.00. The number of nitrogens with one attached hydrogen (secondary N) is 1. The number of aromatic amines is 1. The van der Waals surface area contributed by atoms with Gasteiger partial charge in [-0.25, -0.2) is 18.7 Å². The molecule has 36 heavy (non-hydrogen) atoms. The molecular formula is C26H25F2N7O. The van der Waals surface area contributed by atoms with Crippen molar-refractivity contribution in [1.29, 1.82) is 0 Å². The van der Waals surface area contributed by atoms with Crippen LogP contribution in [0.25, 0.3) is 22.9 Å². The molecule has 1 saturated carbocycles. The minimum absolute atomic E-state index is 0.127. The maximum atomic E-state index is 14.5. The summed E-state index contributed by atoms with van der Waals surface area (Å²) < 4.78 is 29.0. The average Bonchev–Trinajstić information content (AvgIpc) is 3.48. The third-order valence-corrected chi connectivity index (χ3v) is 7.97. The van der Waals surface area contributed by atoms with E-state index in [0.29, 0.717) is 17.5 Å². The van der Waals surface area contributed by atoms with Gasteiger partial charge in [0.1, 0.15) is 17.2 Å². The van der Waals surface area contributed by atoms with E-state index in [0.717, 1.165) is 29.8 Å². The van der Waals surface area contributed by atoms with Crippen molar-refractivity contribution in [3.8, 4) is 22.9 Å². The van der Waals surface area contributed by atoms with Crippen LogP contribution >= 0.6 is 0 Å². The lowest BCUT2D eigenvalue weighted by molar-refractivity contribution is 0.0692. The van der Waals surface area contributed by atoms with Crippen LogP contribution in [0, 0.1) is 17.0 Å². The molecule has 6 rings (SSSR count). The molecule has 2 aliphatic rings. The highest BCUT2D eigenvalue weighted by Crippen LogP contribution is 2.69. The first-order valence-corrected chi connectivity index (χ1v) is 11.9. The summed E-state index contributed by atoms with van der Waals surface area (Å²) in [7, 11) is 0. The topological polar surface area (TPSA) is 113 Å². The smallest absolute Gasteiger partial charge is 0.199 e. The van der Waals surface area contributed by atoms with Gasteiger partial charge in [-0.15, -0.1) is 15.3 Å². The fraction of sp³-hybridized carbons (Fsp3) is 0.385. The number of fused-ring (bicyclic) bond motifs is 5. The molecule has 0 amide bonds. The van der Waals surface area contributed by atoms with E-state index in [9.17, 15) is 13.9 Å². The maximum absolute atomic E-state index is 14.5. The van der Waals surface area contributed by atoms with E-state index in [1.807, 2.05) is 6.07 Å². The molecule has 1 fully saturated rings. The first-order valence-electron chi connectivity index (χ1n) is 11.9. The Balaban J connectivity index is 1.48. The first-order chi connectivity index (χ1) is 17.0. The van der Waals surface area contributed by atoms with Crippen LogP contribution in [0.4, 0.5) is 8.78 Å². The second kappa shape index (κ2) is 7.42. The zero-order valence-corrected chi connectivity index (χ0v) is 20.3. The van der Waals surface area contributed by atoms with Gasteiger partial charge in [0.2, 0.25) is 0 Å². The molecule has 0 spiro atoms. The Kier molecular flexibility index (Phi) is 4.70. The number of nitrogens with zero attached hydrogens (tertiary/aromatic N) is 6. The Hall–Kier alpha value is -3.66. The van der Waals surface area contributed by atoms with Crippen molar-refractivity contribution in [3.05, 3.63) is 70.9 Å². The quantitative estimate of drug-likeness (QED) is 0.436. The van der Waals surface area contributed by atoms with Crippen LogP contribution in [0.3, 0.4) is 0 Å². The van der Waals surface area contributed by atoms with Gasteiger partial charge < -0.3 is 10.1 Å². The summed E-state index contributed by atoms with van der Waals surface area (Å²) >= 11 is 0.